The number of amides is 1. The van der Waals surface area contributed by atoms with Crippen LogP contribution in [-0.2, 0) is 20.9 Å². The van der Waals surface area contributed by atoms with Crippen molar-refractivity contribution in [1.82, 2.24) is 9.80 Å². The molecule has 1 atom stereocenters. The van der Waals surface area contributed by atoms with E-state index in [1.807, 2.05) is 64.6 Å². The number of benzene rings is 2. The van der Waals surface area contributed by atoms with Gasteiger partial charge in [0.25, 0.3) is 0 Å². The lowest BCUT2D eigenvalue weighted by atomic mass is 9.93. The normalized spacial score (nSPS) is 18.7. The lowest BCUT2D eigenvalue weighted by molar-refractivity contribution is -0.141. The van der Waals surface area contributed by atoms with Crippen molar-refractivity contribution in [3.8, 4) is 11.5 Å². The molecular weight excluding hydrogens is 502 g/mol. The molecule has 2 aromatic carbocycles. The summed E-state index contributed by atoms with van der Waals surface area (Å²) in [6.07, 6.45) is 2.29. The van der Waals surface area contributed by atoms with Crippen molar-refractivity contribution in [1.29, 1.82) is 0 Å². The first-order valence-electron chi connectivity index (χ1n) is 12.6. The molecule has 3 heterocycles. The van der Waals surface area contributed by atoms with Crippen LogP contribution in [0, 0.1) is 0 Å². The molecule has 0 saturated carbocycles. The third-order valence-corrected chi connectivity index (χ3v) is 7.80. The largest absolute Gasteiger partial charge is 0.497 e. The van der Waals surface area contributed by atoms with Crippen LogP contribution in [0.3, 0.4) is 0 Å². The number of thioether (sulfide) groups is 1. The van der Waals surface area contributed by atoms with Gasteiger partial charge in [0.05, 0.1) is 38.0 Å². The van der Waals surface area contributed by atoms with E-state index in [0.29, 0.717) is 22.8 Å². The number of rotatable bonds is 8. The summed E-state index contributed by atoms with van der Waals surface area (Å²) in [7, 11) is 3.18. The minimum atomic E-state index is -0.567. The maximum Gasteiger partial charge on any atom is 0.338 e. The molecule has 0 N–H and O–H groups in total. The third-order valence-electron chi connectivity index (χ3n) is 6.91. The van der Waals surface area contributed by atoms with E-state index in [4.69, 9.17) is 19.2 Å². The number of carbonyl (C=O) groups is 2. The van der Waals surface area contributed by atoms with Crippen LogP contribution in [0.1, 0.15) is 43.4 Å². The maximum atomic E-state index is 13.7. The number of methoxy groups -OCH3 is 2. The zero-order chi connectivity index (χ0) is 26.6. The van der Waals surface area contributed by atoms with Crippen LogP contribution in [0.4, 0.5) is 0 Å². The van der Waals surface area contributed by atoms with E-state index in [2.05, 4.69) is 0 Å². The van der Waals surface area contributed by atoms with E-state index in [-0.39, 0.29) is 18.9 Å². The third kappa shape index (κ3) is 5.29. The van der Waals surface area contributed by atoms with Gasteiger partial charge in [-0.3, -0.25) is 4.79 Å². The van der Waals surface area contributed by atoms with E-state index in [9.17, 15) is 9.59 Å². The molecule has 1 unspecified atom stereocenters. The van der Waals surface area contributed by atoms with Gasteiger partial charge in [0.1, 0.15) is 18.1 Å². The van der Waals surface area contributed by atoms with Crippen molar-refractivity contribution in [3.63, 3.8) is 0 Å². The number of likely N-dealkylation sites (tertiary alicyclic amines) is 1. The predicted octanol–water partition coefficient (Wildman–Crippen LogP) is 5.03. The molecule has 0 aromatic heterocycles. The van der Waals surface area contributed by atoms with Crippen LogP contribution in [0.2, 0.25) is 0 Å². The van der Waals surface area contributed by atoms with E-state index < -0.39 is 12.0 Å². The number of ether oxygens (including phenoxy) is 3. The van der Waals surface area contributed by atoms with Crippen LogP contribution >= 0.6 is 11.8 Å². The van der Waals surface area contributed by atoms with E-state index in [1.165, 1.54) is 11.8 Å². The van der Waals surface area contributed by atoms with Crippen LogP contribution in [-0.4, -0.2) is 54.2 Å². The molecule has 1 amide bonds. The van der Waals surface area contributed by atoms with Gasteiger partial charge in [0, 0.05) is 24.9 Å². The lowest BCUT2D eigenvalue weighted by Gasteiger charge is -2.36. The average molecular weight is 534 g/mol. The molecule has 3 aliphatic heterocycles. The summed E-state index contributed by atoms with van der Waals surface area (Å²) in [6.45, 7) is 3.54. The molecule has 0 spiro atoms. The highest BCUT2D eigenvalue weighted by Gasteiger charge is 2.42. The Bertz CT molecular complexity index is 1290. The topological polar surface area (TPSA) is 80.7 Å². The van der Waals surface area contributed by atoms with Gasteiger partial charge in [-0.2, -0.15) is 0 Å². The van der Waals surface area contributed by atoms with Crippen molar-refractivity contribution >= 4 is 28.8 Å². The zero-order valence-corrected chi connectivity index (χ0v) is 22.6. The van der Waals surface area contributed by atoms with Crippen LogP contribution in [0.15, 0.2) is 75.9 Å². The summed E-state index contributed by atoms with van der Waals surface area (Å²) in [4.78, 5) is 35.4. The molecule has 2 aromatic rings. The highest BCUT2D eigenvalue weighted by molar-refractivity contribution is 8.16. The number of nitrogens with zero attached hydrogens (tertiary/aromatic N) is 3. The fourth-order valence-electron chi connectivity index (χ4n) is 4.97. The summed E-state index contributed by atoms with van der Waals surface area (Å²) in [5.41, 5.74) is 3.48. The first-order valence-corrected chi connectivity index (χ1v) is 13.5. The number of carbonyl (C=O) groups excluding carboxylic acids is 2. The fourth-order valence-corrected chi connectivity index (χ4v) is 5.93. The standard InChI is InChI=1S/C29H31N3O5S/c1-19-26(28(34)37-17-20-9-5-4-6-10-20)27(21-13-23(35-2)16-24(14-21)36-3)32-22(18-38-29(32)30-19)15-25(33)31-11-7-8-12-31/h4-6,9-10,13-14,16,18,27H,7-8,11-12,15,17H2,1-3H3. The molecule has 0 radical (unpaired) electrons. The van der Waals surface area contributed by atoms with Crippen molar-refractivity contribution in [3.05, 3.63) is 82.0 Å². The molecule has 9 heteroatoms. The molecule has 198 valence electrons. The molecule has 5 rings (SSSR count). The minimum Gasteiger partial charge on any atom is -0.497 e. The van der Waals surface area contributed by atoms with E-state index in [0.717, 1.165) is 47.9 Å². The number of amidine groups is 1. The van der Waals surface area contributed by atoms with Gasteiger partial charge in [-0.1, -0.05) is 42.1 Å². The lowest BCUT2D eigenvalue weighted by Crippen LogP contribution is -2.38. The average Bonchev–Trinajstić information content (AvgIpc) is 3.62. The van der Waals surface area contributed by atoms with Gasteiger partial charge in [-0.05, 0) is 48.4 Å². The molecule has 1 fully saturated rings. The Labute approximate surface area is 226 Å². The molecule has 1 saturated heterocycles. The van der Waals surface area contributed by atoms with Gasteiger partial charge in [-0.25, -0.2) is 9.79 Å². The Hall–Kier alpha value is -3.72. The summed E-state index contributed by atoms with van der Waals surface area (Å²) in [6, 6.07) is 14.6. The van der Waals surface area contributed by atoms with Gasteiger partial charge in [-0.15, -0.1) is 0 Å². The zero-order valence-electron chi connectivity index (χ0n) is 21.8. The second-order valence-corrected chi connectivity index (χ2v) is 10.2. The van der Waals surface area contributed by atoms with Crippen LogP contribution in [0.5, 0.6) is 11.5 Å². The van der Waals surface area contributed by atoms with Crippen molar-refractivity contribution < 1.29 is 23.8 Å². The Morgan fingerprint density at radius 3 is 2.37 bits per heavy atom. The summed E-state index contributed by atoms with van der Waals surface area (Å²) in [5.74, 6) is 0.826. The number of fused-ring (bicyclic) bond motifs is 1. The van der Waals surface area contributed by atoms with Crippen molar-refractivity contribution in [2.75, 3.05) is 27.3 Å². The monoisotopic (exact) mass is 533 g/mol. The van der Waals surface area contributed by atoms with Crippen molar-refractivity contribution in [2.45, 2.75) is 38.8 Å². The Morgan fingerprint density at radius 2 is 1.71 bits per heavy atom. The Balaban J connectivity index is 1.52. The number of hydrogen-bond donors (Lipinski definition) is 0. The number of hydrogen-bond acceptors (Lipinski definition) is 8. The van der Waals surface area contributed by atoms with Gasteiger partial charge in [0.2, 0.25) is 5.91 Å². The SMILES string of the molecule is COc1cc(OC)cc(C2C(C(=O)OCc3ccccc3)=C(C)N=C3SC=C(CC(=O)N4CCCC4)N32)c1. The predicted molar refractivity (Wildman–Crippen MR) is 147 cm³/mol. The summed E-state index contributed by atoms with van der Waals surface area (Å²) in [5, 5.41) is 2.68. The molecule has 38 heavy (non-hydrogen) atoms. The van der Waals surface area contributed by atoms with E-state index >= 15 is 0 Å². The van der Waals surface area contributed by atoms with Crippen molar-refractivity contribution in [2.24, 2.45) is 4.99 Å². The Morgan fingerprint density at radius 1 is 1.03 bits per heavy atom. The Kier molecular flexibility index (Phi) is 7.74. The molecule has 3 aliphatic rings. The highest BCUT2D eigenvalue weighted by atomic mass is 32.2. The van der Waals surface area contributed by atoms with Crippen LogP contribution in [0.25, 0.3) is 0 Å². The highest BCUT2D eigenvalue weighted by Crippen LogP contribution is 2.46. The first-order chi connectivity index (χ1) is 18.5. The summed E-state index contributed by atoms with van der Waals surface area (Å²) < 4.78 is 16.9. The summed E-state index contributed by atoms with van der Waals surface area (Å²) >= 11 is 1.46. The number of allylic oxidation sites excluding steroid dienone is 1. The van der Waals surface area contributed by atoms with Gasteiger partial charge >= 0.3 is 5.97 Å². The second kappa shape index (κ2) is 11.3. The fraction of sp³-hybridized carbons (Fsp3) is 0.345. The van der Waals surface area contributed by atoms with Gasteiger partial charge in [0.15, 0.2) is 5.17 Å². The second-order valence-electron chi connectivity index (χ2n) is 9.37. The van der Waals surface area contributed by atoms with Gasteiger partial charge < -0.3 is 24.0 Å². The van der Waals surface area contributed by atoms with Crippen LogP contribution < -0.4 is 9.47 Å². The molecule has 8 nitrogen and oxygen atoms in total. The maximum absolute atomic E-state index is 13.7. The van der Waals surface area contributed by atoms with E-state index in [1.54, 1.807) is 20.3 Å². The molecular formula is C29H31N3O5S. The number of esters is 1. The molecule has 0 aliphatic carbocycles. The quantitative estimate of drug-likeness (QED) is 0.440. The smallest absolute Gasteiger partial charge is 0.338 e. The minimum absolute atomic E-state index is 0.0806. The molecule has 0 bridgehead atoms. The number of aliphatic imine (C=N–C) groups is 1. The first kappa shape index (κ1) is 25.9.